The molecule has 0 heterocycles. The summed E-state index contributed by atoms with van der Waals surface area (Å²) in [5.41, 5.74) is 3.18. The van der Waals surface area contributed by atoms with E-state index in [-0.39, 0.29) is 5.41 Å². The molecule has 0 heteroatoms. The van der Waals surface area contributed by atoms with Gasteiger partial charge in [-0.1, -0.05) is 105 Å². The normalized spacial score (nSPS) is 21.2. The van der Waals surface area contributed by atoms with Gasteiger partial charge in [0, 0.05) is 0 Å². The molecule has 1 saturated carbocycles. The van der Waals surface area contributed by atoms with E-state index in [0.29, 0.717) is 5.41 Å². The Bertz CT molecular complexity index is 435. The highest BCUT2D eigenvalue weighted by molar-refractivity contribution is 5.27. The van der Waals surface area contributed by atoms with Crippen molar-refractivity contribution in [2.75, 3.05) is 0 Å². The molecule has 26 heavy (non-hydrogen) atoms. The monoisotopic (exact) mass is 360 g/mol. The second-order valence-electron chi connectivity index (χ2n) is 9.29. The van der Waals surface area contributed by atoms with Gasteiger partial charge < -0.3 is 0 Å². The van der Waals surface area contributed by atoms with E-state index in [9.17, 15) is 0 Å². The molecule has 0 aromatic carbocycles. The van der Waals surface area contributed by atoms with Crippen molar-refractivity contribution in [3.63, 3.8) is 0 Å². The lowest BCUT2D eigenvalue weighted by molar-refractivity contribution is 0.109. The fourth-order valence-electron chi connectivity index (χ4n) is 3.93. The highest BCUT2D eigenvalue weighted by atomic mass is 14.4. The van der Waals surface area contributed by atoms with E-state index in [1.165, 1.54) is 44.1 Å². The van der Waals surface area contributed by atoms with Crippen molar-refractivity contribution in [1.29, 1.82) is 0 Å². The Kier molecular flexibility index (Phi) is 11.5. The van der Waals surface area contributed by atoms with Crippen LogP contribution in [0, 0.1) is 22.7 Å². The van der Waals surface area contributed by atoms with E-state index in [1.54, 1.807) is 0 Å². The first-order valence-corrected chi connectivity index (χ1v) is 11.1. The fraction of sp³-hybridized carbons (Fsp3) is 0.769. The summed E-state index contributed by atoms with van der Waals surface area (Å²) in [7, 11) is 0. The van der Waals surface area contributed by atoms with Crippen LogP contribution in [-0.4, -0.2) is 0 Å². The largest absolute Gasteiger partial charge is 0.0961 e. The first-order chi connectivity index (χ1) is 12.1. The molecule has 0 aromatic heterocycles. The van der Waals surface area contributed by atoms with E-state index in [2.05, 4.69) is 67.7 Å². The van der Waals surface area contributed by atoms with Gasteiger partial charge in [0.25, 0.3) is 0 Å². The van der Waals surface area contributed by atoms with Crippen LogP contribution in [0.1, 0.15) is 107 Å². The van der Waals surface area contributed by atoms with Crippen molar-refractivity contribution >= 4 is 0 Å². The Morgan fingerprint density at radius 2 is 1.31 bits per heavy atom. The molecule has 0 saturated heterocycles. The van der Waals surface area contributed by atoms with Gasteiger partial charge in [-0.15, -0.1) is 0 Å². The Morgan fingerprint density at radius 3 is 1.65 bits per heavy atom. The van der Waals surface area contributed by atoms with E-state index in [0.717, 1.165) is 30.3 Å². The van der Waals surface area contributed by atoms with Crippen LogP contribution in [0.25, 0.3) is 0 Å². The molecule has 0 aromatic rings. The van der Waals surface area contributed by atoms with Crippen molar-refractivity contribution < 1.29 is 0 Å². The highest BCUT2D eigenvalue weighted by Gasteiger charge is 2.32. The topological polar surface area (TPSA) is 0 Å². The van der Waals surface area contributed by atoms with Crippen LogP contribution in [0.3, 0.4) is 0 Å². The minimum absolute atomic E-state index is 0.256. The second kappa shape index (κ2) is 11.8. The smallest absolute Gasteiger partial charge is 0.00863 e. The van der Waals surface area contributed by atoms with E-state index in [4.69, 9.17) is 0 Å². The fourth-order valence-corrected chi connectivity index (χ4v) is 3.93. The minimum atomic E-state index is 0.256. The quantitative estimate of drug-likeness (QED) is 0.378. The first kappa shape index (κ1) is 25.2. The van der Waals surface area contributed by atoms with Crippen molar-refractivity contribution in [2.45, 2.75) is 107 Å². The van der Waals surface area contributed by atoms with Gasteiger partial charge in [0.15, 0.2) is 0 Å². The molecule has 0 atom stereocenters. The van der Waals surface area contributed by atoms with Crippen LogP contribution < -0.4 is 0 Å². The van der Waals surface area contributed by atoms with Gasteiger partial charge in [0.1, 0.15) is 0 Å². The van der Waals surface area contributed by atoms with Crippen molar-refractivity contribution in [3.8, 4) is 0 Å². The Morgan fingerprint density at radius 1 is 0.846 bits per heavy atom. The van der Waals surface area contributed by atoms with Crippen molar-refractivity contribution in [1.82, 2.24) is 0 Å². The molecule has 1 fully saturated rings. The molecule has 0 unspecified atom stereocenters. The molecule has 1 rings (SSSR count). The van der Waals surface area contributed by atoms with Gasteiger partial charge >= 0.3 is 0 Å². The van der Waals surface area contributed by atoms with Gasteiger partial charge in [-0.2, -0.15) is 0 Å². The van der Waals surface area contributed by atoms with Gasteiger partial charge in [0.05, 0.1) is 0 Å². The number of rotatable bonds is 8. The third kappa shape index (κ3) is 7.85. The van der Waals surface area contributed by atoms with Crippen LogP contribution >= 0.6 is 0 Å². The number of allylic oxidation sites excluding steroid dienone is 4. The average Bonchev–Trinajstić information content (AvgIpc) is 2.65. The molecule has 0 nitrogen and oxygen atoms in total. The van der Waals surface area contributed by atoms with E-state index < -0.39 is 0 Å². The van der Waals surface area contributed by atoms with E-state index >= 15 is 0 Å². The maximum atomic E-state index is 4.11. The lowest BCUT2D eigenvalue weighted by Crippen LogP contribution is -2.29. The molecule has 0 aliphatic heterocycles. The summed E-state index contributed by atoms with van der Waals surface area (Å²) in [6.45, 7) is 26.3. The summed E-state index contributed by atoms with van der Waals surface area (Å²) in [6, 6.07) is 0. The van der Waals surface area contributed by atoms with Crippen molar-refractivity contribution in [3.05, 3.63) is 36.5 Å². The maximum Gasteiger partial charge on any atom is -0.00863 e. The highest BCUT2D eigenvalue weighted by Crippen LogP contribution is 2.44. The van der Waals surface area contributed by atoms with Gasteiger partial charge in [-0.3, -0.25) is 0 Å². The van der Waals surface area contributed by atoms with Crippen LogP contribution in [0.5, 0.6) is 0 Å². The third-order valence-electron chi connectivity index (χ3n) is 7.52. The third-order valence-corrected chi connectivity index (χ3v) is 7.52. The van der Waals surface area contributed by atoms with E-state index in [1.807, 2.05) is 13.0 Å². The minimum Gasteiger partial charge on any atom is -0.0961 e. The van der Waals surface area contributed by atoms with Crippen LogP contribution in [0.4, 0.5) is 0 Å². The molecule has 0 spiro atoms. The molecule has 0 bridgehead atoms. The van der Waals surface area contributed by atoms with Gasteiger partial charge in [0.2, 0.25) is 0 Å². The molecule has 0 amide bonds. The molecule has 1 aliphatic carbocycles. The molecule has 0 radical (unpaired) electrons. The molecular formula is C26H48. The second-order valence-corrected chi connectivity index (χ2v) is 9.29. The number of hydrogen-bond donors (Lipinski definition) is 0. The Hall–Kier alpha value is -0.780. The average molecular weight is 361 g/mol. The predicted molar refractivity (Wildman–Crippen MR) is 122 cm³/mol. The van der Waals surface area contributed by atoms with Crippen LogP contribution in [0.2, 0.25) is 0 Å². The van der Waals surface area contributed by atoms with Crippen molar-refractivity contribution in [2.24, 2.45) is 22.7 Å². The molecule has 1 aliphatic rings. The lowest BCUT2D eigenvalue weighted by Gasteiger charge is -2.40. The summed E-state index contributed by atoms with van der Waals surface area (Å²) in [4.78, 5) is 0. The molecule has 152 valence electrons. The SMILES string of the molecule is C=C(C)/C=C\C(=C)C(C)(CC)CC.CCC(C)(CC)C1CCC(C)CC1. The van der Waals surface area contributed by atoms with Gasteiger partial charge in [-0.05, 0) is 60.8 Å². The summed E-state index contributed by atoms with van der Waals surface area (Å²) in [5, 5.41) is 0. The summed E-state index contributed by atoms with van der Waals surface area (Å²) in [5.74, 6) is 2.01. The molecular weight excluding hydrogens is 312 g/mol. The zero-order chi connectivity index (χ0) is 20.4. The summed E-state index contributed by atoms with van der Waals surface area (Å²) >= 11 is 0. The molecule has 0 N–H and O–H groups in total. The predicted octanol–water partition coefficient (Wildman–Crippen LogP) is 9.14. The zero-order valence-corrected chi connectivity index (χ0v) is 19.4. The lowest BCUT2D eigenvalue weighted by atomic mass is 9.65. The standard InChI is InChI=1S/C13H26.C13H22/c1-5-13(4,6-2)12-9-7-11(3)8-10-12;1-7-13(6,8-2)12(5)10-9-11(3)4/h11-12H,5-10H2,1-4H3;9-10H,3,5,7-8H2,1-2,4,6H3/b;10-9-. The number of hydrogen-bond acceptors (Lipinski definition) is 0. The Balaban J connectivity index is 0.000000481. The summed E-state index contributed by atoms with van der Waals surface area (Å²) in [6.07, 6.45) is 15.1. The Labute approximate surface area is 166 Å². The first-order valence-electron chi connectivity index (χ1n) is 11.1. The van der Waals surface area contributed by atoms with Gasteiger partial charge in [-0.25, -0.2) is 0 Å². The van der Waals surface area contributed by atoms with Crippen LogP contribution in [0.15, 0.2) is 36.5 Å². The summed E-state index contributed by atoms with van der Waals surface area (Å²) < 4.78 is 0. The van der Waals surface area contributed by atoms with Crippen LogP contribution in [-0.2, 0) is 0 Å². The maximum absolute atomic E-state index is 4.11. The zero-order valence-electron chi connectivity index (χ0n) is 19.4.